The summed E-state index contributed by atoms with van der Waals surface area (Å²) in [4.78, 5) is 24.5. The molecule has 0 spiro atoms. The van der Waals surface area contributed by atoms with Crippen molar-refractivity contribution in [2.75, 3.05) is 14.2 Å². The number of pyridine rings is 1. The van der Waals surface area contributed by atoms with E-state index in [-0.39, 0.29) is 41.2 Å². The van der Waals surface area contributed by atoms with Crippen LogP contribution in [0.2, 0.25) is 0 Å². The number of carbonyl (C=O) groups excluding carboxylic acids is 1. The molecule has 0 bridgehead atoms. The summed E-state index contributed by atoms with van der Waals surface area (Å²) < 4.78 is 37.3. The molecule has 1 unspecified atom stereocenters. The van der Waals surface area contributed by atoms with Gasteiger partial charge in [0.25, 0.3) is 12.3 Å². The molecule has 1 aliphatic carbocycles. The number of hydrogen-bond acceptors (Lipinski definition) is 6. The number of carbonyl (C=O) groups is 1. The van der Waals surface area contributed by atoms with Crippen LogP contribution in [0.5, 0.6) is 11.9 Å². The van der Waals surface area contributed by atoms with Crippen molar-refractivity contribution in [3.05, 3.63) is 41.3 Å². The quantitative estimate of drug-likeness (QED) is 0.666. The van der Waals surface area contributed by atoms with Gasteiger partial charge in [0.05, 0.1) is 25.3 Å². The second-order valence-corrected chi connectivity index (χ2v) is 7.68. The van der Waals surface area contributed by atoms with Crippen LogP contribution in [0.3, 0.4) is 0 Å². The van der Waals surface area contributed by atoms with E-state index >= 15 is 0 Å². The number of aromatic nitrogens is 3. The minimum Gasteiger partial charge on any atom is -0.481 e. The molecule has 1 atom stereocenters. The van der Waals surface area contributed by atoms with Gasteiger partial charge < -0.3 is 14.8 Å². The number of nitrogens with zero attached hydrogens (tertiary/aromatic N) is 3. The van der Waals surface area contributed by atoms with Crippen LogP contribution in [0.4, 0.5) is 8.78 Å². The van der Waals surface area contributed by atoms with Crippen molar-refractivity contribution in [2.45, 2.75) is 57.4 Å². The molecule has 1 fully saturated rings. The second-order valence-electron chi connectivity index (χ2n) is 7.68. The molecule has 2 heterocycles. The highest BCUT2D eigenvalue weighted by Crippen LogP contribution is 2.42. The summed E-state index contributed by atoms with van der Waals surface area (Å²) in [7, 11) is 2.82. The van der Waals surface area contributed by atoms with E-state index in [4.69, 9.17) is 9.47 Å². The SMILES string of the molecule is CCC(NC(=O)c1cnc(OC)nc1)C1CCC(c2ccnc(OC)c2C(F)F)CC1. The van der Waals surface area contributed by atoms with Gasteiger partial charge in [0.1, 0.15) is 0 Å². The summed E-state index contributed by atoms with van der Waals surface area (Å²) >= 11 is 0. The molecule has 0 radical (unpaired) electrons. The molecule has 1 amide bonds. The molecule has 1 N–H and O–H groups in total. The van der Waals surface area contributed by atoms with Crippen LogP contribution in [-0.2, 0) is 0 Å². The summed E-state index contributed by atoms with van der Waals surface area (Å²) in [5.41, 5.74) is 0.888. The van der Waals surface area contributed by atoms with Gasteiger partial charge >= 0.3 is 6.01 Å². The maximum atomic E-state index is 13.7. The largest absolute Gasteiger partial charge is 0.481 e. The maximum absolute atomic E-state index is 13.7. The fourth-order valence-electron chi connectivity index (χ4n) is 4.38. The van der Waals surface area contributed by atoms with Crippen molar-refractivity contribution in [2.24, 2.45) is 5.92 Å². The Balaban J connectivity index is 1.64. The highest BCUT2D eigenvalue weighted by Gasteiger charge is 2.32. The van der Waals surface area contributed by atoms with Crippen molar-refractivity contribution in [3.63, 3.8) is 0 Å². The van der Waals surface area contributed by atoms with Crippen molar-refractivity contribution >= 4 is 5.91 Å². The zero-order valence-corrected chi connectivity index (χ0v) is 18.0. The number of ether oxygens (including phenoxy) is 2. The predicted octanol–water partition coefficient (Wildman–Crippen LogP) is 4.31. The summed E-state index contributed by atoms with van der Waals surface area (Å²) in [5.74, 6) is 0.0777. The summed E-state index contributed by atoms with van der Waals surface area (Å²) in [5, 5.41) is 3.08. The van der Waals surface area contributed by atoms with Crippen molar-refractivity contribution in [3.8, 4) is 11.9 Å². The number of halogens is 2. The molecule has 7 nitrogen and oxygen atoms in total. The number of amides is 1. The second kappa shape index (κ2) is 10.5. The molecule has 31 heavy (non-hydrogen) atoms. The minimum atomic E-state index is -2.63. The Kier molecular flexibility index (Phi) is 7.70. The zero-order valence-electron chi connectivity index (χ0n) is 18.0. The highest BCUT2D eigenvalue weighted by atomic mass is 19.3. The normalized spacial score (nSPS) is 19.7. The number of nitrogens with one attached hydrogen (secondary N) is 1. The predicted molar refractivity (Wildman–Crippen MR) is 111 cm³/mol. The lowest BCUT2D eigenvalue weighted by molar-refractivity contribution is 0.0907. The molecule has 168 valence electrons. The molecular formula is C22H28F2N4O3. The van der Waals surface area contributed by atoms with Crippen LogP contribution in [0.15, 0.2) is 24.7 Å². The molecule has 0 saturated heterocycles. The Morgan fingerprint density at radius 2 is 1.81 bits per heavy atom. The summed E-state index contributed by atoms with van der Waals surface area (Å²) in [6.45, 7) is 2.03. The van der Waals surface area contributed by atoms with E-state index in [9.17, 15) is 13.6 Å². The number of rotatable bonds is 8. The molecular weight excluding hydrogens is 406 g/mol. The fourth-order valence-corrected chi connectivity index (χ4v) is 4.38. The Morgan fingerprint density at radius 3 is 2.35 bits per heavy atom. The monoisotopic (exact) mass is 434 g/mol. The van der Waals surface area contributed by atoms with Crippen LogP contribution in [0.25, 0.3) is 0 Å². The van der Waals surface area contributed by atoms with Gasteiger partial charge in [-0.25, -0.2) is 23.7 Å². The first-order chi connectivity index (χ1) is 15.0. The van der Waals surface area contributed by atoms with Gasteiger partial charge in [-0.2, -0.15) is 0 Å². The molecule has 0 aliphatic heterocycles. The van der Waals surface area contributed by atoms with Crippen LogP contribution < -0.4 is 14.8 Å². The third-order valence-corrected chi connectivity index (χ3v) is 6.01. The van der Waals surface area contributed by atoms with Crippen molar-refractivity contribution in [1.82, 2.24) is 20.3 Å². The lowest BCUT2D eigenvalue weighted by atomic mass is 9.74. The third kappa shape index (κ3) is 5.26. The Labute approximate surface area is 180 Å². The van der Waals surface area contributed by atoms with Crippen molar-refractivity contribution in [1.29, 1.82) is 0 Å². The van der Waals surface area contributed by atoms with Gasteiger partial charge in [0.2, 0.25) is 5.88 Å². The van der Waals surface area contributed by atoms with Gasteiger partial charge in [-0.1, -0.05) is 6.92 Å². The van der Waals surface area contributed by atoms with Crippen LogP contribution in [-0.4, -0.2) is 41.1 Å². The van der Waals surface area contributed by atoms with E-state index in [0.29, 0.717) is 11.1 Å². The fraction of sp³-hybridized carbons (Fsp3) is 0.545. The lowest BCUT2D eigenvalue weighted by Crippen LogP contribution is -2.41. The number of alkyl halides is 2. The first-order valence-electron chi connectivity index (χ1n) is 10.5. The molecule has 2 aromatic rings. The van der Waals surface area contributed by atoms with E-state index < -0.39 is 6.43 Å². The molecule has 1 saturated carbocycles. The Morgan fingerprint density at radius 1 is 1.13 bits per heavy atom. The molecule has 1 aliphatic rings. The summed E-state index contributed by atoms with van der Waals surface area (Å²) in [6, 6.07) is 1.88. The van der Waals surface area contributed by atoms with E-state index in [2.05, 4.69) is 20.3 Å². The van der Waals surface area contributed by atoms with Gasteiger partial charge in [0, 0.05) is 24.6 Å². The lowest BCUT2D eigenvalue weighted by Gasteiger charge is -2.34. The molecule has 0 aromatic carbocycles. The van der Waals surface area contributed by atoms with Gasteiger partial charge in [-0.3, -0.25) is 4.79 Å². The molecule has 9 heteroatoms. The minimum absolute atomic E-state index is 0.00269. The van der Waals surface area contributed by atoms with Crippen molar-refractivity contribution < 1.29 is 23.0 Å². The van der Waals surface area contributed by atoms with Crippen LogP contribution in [0.1, 0.15) is 72.9 Å². The van der Waals surface area contributed by atoms with E-state index in [0.717, 1.165) is 32.1 Å². The van der Waals surface area contributed by atoms with E-state index in [1.807, 2.05) is 6.92 Å². The average molecular weight is 434 g/mol. The third-order valence-electron chi connectivity index (χ3n) is 6.01. The maximum Gasteiger partial charge on any atom is 0.316 e. The van der Waals surface area contributed by atoms with Crippen LogP contribution >= 0.6 is 0 Å². The number of methoxy groups -OCH3 is 2. The Hall–Kier alpha value is -2.84. The highest BCUT2D eigenvalue weighted by molar-refractivity contribution is 5.93. The average Bonchev–Trinajstić information content (AvgIpc) is 2.81. The first-order valence-corrected chi connectivity index (χ1v) is 10.5. The Bertz CT molecular complexity index is 872. The van der Waals surface area contributed by atoms with E-state index in [1.165, 1.54) is 32.8 Å². The molecule has 2 aromatic heterocycles. The first kappa shape index (κ1) is 22.8. The van der Waals surface area contributed by atoms with Crippen LogP contribution in [0, 0.1) is 5.92 Å². The zero-order chi connectivity index (χ0) is 22.4. The standard InChI is InChI=1S/C22H28F2N4O3/c1-4-17(28-20(29)15-11-26-22(31-3)27-12-15)14-7-5-13(6-8-14)16-9-10-25-21(30-2)18(16)19(23)24/h9-14,17,19H,4-8H2,1-3H3,(H,28,29). The topological polar surface area (TPSA) is 86.2 Å². The summed E-state index contributed by atoms with van der Waals surface area (Å²) in [6.07, 6.45) is 5.78. The van der Waals surface area contributed by atoms with E-state index in [1.54, 1.807) is 6.07 Å². The number of hydrogen-bond donors (Lipinski definition) is 1. The van der Waals surface area contributed by atoms with Gasteiger partial charge in [0.15, 0.2) is 0 Å². The van der Waals surface area contributed by atoms with Gasteiger partial charge in [-0.05, 0) is 55.6 Å². The van der Waals surface area contributed by atoms with Gasteiger partial charge in [-0.15, -0.1) is 0 Å². The molecule has 3 rings (SSSR count). The smallest absolute Gasteiger partial charge is 0.316 e.